The molecule has 0 atom stereocenters. The molecule has 2 rings (SSSR count). The first-order valence-corrected chi connectivity index (χ1v) is 7.83. The SMILES string of the molecule is CCNC(=NCc1ccnn1C)NCc1sc(C)nc1C. The molecule has 6 nitrogen and oxygen atoms in total. The molecule has 0 fully saturated rings. The fraction of sp³-hybridized carbons (Fsp3) is 0.500. The number of aryl methyl sites for hydroxylation is 3. The molecule has 0 saturated heterocycles. The van der Waals surface area contributed by atoms with Gasteiger partial charge >= 0.3 is 0 Å². The zero-order chi connectivity index (χ0) is 15.2. The number of nitrogens with one attached hydrogen (secondary N) is 2. The van der Waals surface area contributed by atoms with Gasteiger partial charge in [0, 0.05) is 24.7 Å². The molecule has 0 aliphatic heterocycles. The van der Waals surface area contributed by atoms with Gasteiger partial charge in [-0.2, -0.15) is 5.10 Å². The molecular formula is C14H22N6S. The largest absolute Gasteiger partial charge is 0.357 e. The molecule has 7 heteroatoms. The molecule has 0 spiro atoms. The van der Waals surface area contributed by atoms with Crippen LogP contribution in [0.15, 0.2) is 17.3 Å². The average molecular weight is 306 g/mol. The van der Waals surface area contributed by atoms with Crippen LogP contribution >= 0.6 is 11.3 Å². The van der Waals surface area contributed by atoms with E-state index < -0.39 is 0 Å². The minimum Gasteiger partial charge on any atom is -0.357 e. The molecule has 0 aromatic carbocycles. The summed E-state index contributed by atoms with van der Waals surface area (Å²) in [5.74, 6) is 0.809. The molecule has 0 radical (unpaired) electrons. The van der Waals surface area contributed by atoms with Gasteiger partial charge in [0.1, 0.15) is 0 Å². The Hall–Kier alpha value is -1.89. The molecule has 0 amide bonds. The Balaban J connectivity index is 1.98. The monoisotopic (exact) mass is 306 g/mol. The third kappa shape index (κ3) is 4.29. The topological polar surface area (TPSA) is 67.1 Å². The van der Waals surface area contributed by atoms with Crippen LogP contribution in [0.3, 0.4) is 0 Å². The Morgan fingerprint density at radius 3 is 2.76 bits per heavy atom. The van der Waals surface area contributed by atoms with Crippen LogP contribution in [-0.2, 0) is 20.1 Å². The van der Waals surface area contributed by atoms with Gasteiger partial charge in [-0.1, -0.05) is 0 Å². The molecule has 0 aliphatic carbocycles. The number of aliphatic imine (C=N–C) groups is 1. The molecule has 0 saturated carbocycles. The van der Waals surface area contributed by atoms with E-state index in [0.29, 0.717) is 6.54 Å². The van der Waals surface area contributed by atoms with Gasteiger partial charge in [0.2, 0.25) is 0 Å². The van der Waals surface area contributed by atoms with Crippen molar-refractivity contribution >= 4 is 17.3 Å². The maximum atomic E-state index is 4.59. The maximum Gasteiger partial charge on any atom is 0.191 e. The van der Waals surface area contributed by atoms with Crippen LogP contribution < -0.4 is 10.6 Å². The van der Waals surface area contributed by atoms with Gasteiger partial charge in [0.25, 0.3) is 0 Å². The Labute approximate surface area is 129 Å². The molecule has 0 aliphatic rings. The molecule has 0 unspecified atom stereocenters. The number of hydrogen-bond acceptors (Lipinski definition) is 4. The summed E-state index contributed by atoms with van der Waals surface area (Å²) in [6, 6.07) is 1.98. The quantitative estimate of drug-likeness (QED) is 0.652. The number of aromatic nitrogens is 3. The van der Waals surface area contributed by atoms with Crippen molar-refractivity contribution < 1.29 is 0 Å². The molecule has 21 heavy (non-hydrogen) atoms. The summed E-state index contributed by atoms with van der Waals surface area (Å²) < 4.78 is 1.84. The molecule has 114 valence electrons. The van der Waals surface area contributed by atoms with Crippen molar-refractivity contribution in [3.05, 3.63) is 33.5 Å². The van der Waals surface area contributed by atoms with Gasteiger partial charge in [-0.3, -0.25) is 4.68 Å². The van der Waals surface area contributed by atoms with E-state index in [-0.39, 0.29) is 0 Å². The smallest absolute Gasteiger partial charge is 0.191 e. The van der Waals surface area contributed by atoms with Gasteiger partial charge in [-0.25, -0.2) is 9.98 Å². The van der Waals surface area contributed by atoms with Crippen molar-refractivity contribution in [3.8, 4) is 0 Å². The maximum absolute atomic E-state index is 4.59. The second kappa shape index (κ2) is 7.21. The van der Waals surface area contributed by atoms with E-state index in [9.17, 15) is 0 Å². The van der Waals surface area contributed by atoms with Crippen molar-refractivity contribution in [2.24, 2.45) is 12.0 Å². The lowest BCUT2D eigenvalue weighted by atomic mass is 10.4. The first-order chi connectivity index (χ1) is 10.1. The van der Waals surface area contributed by atoms with Gasteiger partial charge in [-0.15, -0.1) is 11.3 Å². The predicted octanol–water partition coefficient (Wildman–Crippen LogP) is 1.75. The summed E-state index contributed by atoms with van der Waals surface area (Å²) >= 11 is 1.72. The highest BCUT2D eigenvalue weighted by Crippen LogP contribution is 2.16. The fourth-order valence-electron chi connectivity index (χ4n) is 1.96. The summed E-state index contributed by atoms with van der Waals surface area (Å²) in [7, 11) is 1.93. The Morgan fingerprint density at radius 1 is 1.38 bits per heavy atom. The van der Waals surface area contributed by atoms with Crippen molar-refractivity contribution in [2.45, 2.75) is 33.9 Å². The van der Waals surface area contributed by atoms with Crippen molar-refractivity contribution in [2.75, 3.05) is 6.54 Å². The van der Waals surface area contributed by atoms with Crippen LogP contribution in [0.1, 0.15) is 28.2 Å². The summed E-state index contributed by atoms with van der Waals surface area (Å²) in [4.78, 5) is 10.3. The molecular weight excluding hydrogens is 284 g/mol. The highest BCUT2D eigenvalue weighted by molar-refractivity contribution is 7.11. The van der Waals surface area contributed by atoms with Crippen LogP contribution in [0.4, 0.5) is 0 Å². The van der Waals surface area contributed by atoms with Crippen LogP contribution in [-0.4, -0.2) is 27.3 Å². The molecule has 2 aromatic heterocycles. The lowest BCUT2D eigenvalue weighted by Crippen LogP contribution is -2.36. The van der Waals surface area contributed by atoms with Crippen molar-refractivity contribution in [3.63, 3.8) is 0 Å². The first kappa shape index (κ1) is 15.5. The van der Waals surface area contributed by atoms with Crippen LogP contribution in [0.5, 0.6) is 0 Å². The van der Waals surface area contributed by atoms with Gasteiger partial charge < -0.3 is 10.6 Å². The van der Waals surface area contributed by atoms with Crippen molar-refractivity contribution in [1.82, 2.24) is 25.4 Å². The van der Waals surface area contributed by atoms with Gasteiger partial charge in [-0.05, 0) is 26.8 Å². The average Bonchev–Trinajstić information content (AvgIpc) is 2.99. The summed E-state index contributed by atoms with van der Waals surface area (Å²) in [5.41, 5.74) is 2.17. The zero-order valence-corrected chi connectivity index (χ0v) is 13.8. The van der Waals surface area contributed by atoms with E-state index in [0.717, 1.165) is 35.4 Å². The van der Waals surface area contributed by atoms with E-state index >= 15 is 0 Å². The van der Waals surface area contributed by atoms with Crippen LogP contribution in [0, 0.1) is 13.8 Å². The molecule has 2 aromatic rings. The third-order valence-electron chi connectivity index (χ3n) is 3.08. The van der Waals surface area contributed by atoms with Crippen LogP contribution in [0.25, 0.3) is 0 Å². The third-order valence-corrected chi connectivity index (χ3v) is 4.15. The normalized spacial score (nSPS) is 11.7. The van der Waals surface area contributed by atoms with Crippen molar-refractivity contribution in [1.29, 1.82) is 0 Å². The fourth-order valence-corrected chi connectivity index (χ4v) is 2.84. The molecule has 2 N–H and O–H groups in total. The van der Waals surface area contributed by atoms with Gasteiger partial charge in [0.15, 0.2) is 5.96 Å². The molecule has 0 bridgehead atoms. The number of rotatable bonds is 5. The Bertz CT molecular complexity index is 613. The number of hydrogen-bond donors (Lipinski definition) is 2. The van der Waals surface area contributed by atoms with E-state index in [1.165, 1.54) is 4.88 Å². The number of guanidine groups is 1. The highest BCUT2D eigenvalue weighted by atomic mass is 32.1. The first-order valence-electron chi connectivity index (χ1n) is 7.02. The minimum absolute atomic E-state index is 0.604. The number of nitrogens with zero attached hydrogens (tertiary/aromatic N) is 4. The van der Waals surface area contributed by atoms with E-state index in [1.807, 2.05) is 31.6 Å². The van der Waals surface area contributed by atoms with Crippen LogP contribution in [0.2, 0.25) is 0 Å². The second-order valence-electron chi connectivity index (χ2n) is 4.74. The van der Waals surface area contributed by atoms with E-state index in [4.69, 9.17) is 0 Å². The summed E-state index contributed by atoms with van der Waals surface area (Å²) in [6.45, 7) is 8.31. The van der Waals surface area contributed by atoms with E-state index in [1.54, 1.807) is 17.5 Å². The Morgan fingerprint density at radius 2 is 2.19 bits per heavy atom. The summed E-state index contributed by atoms with van der Waals surface area (Å²) in [5, 5.41) is 11.9. The zero-order valence-electron chi connectivity index (χ0n) is 13.0. The molecule has 2 heterocycles. The standard InChI is InChI=1S/C14H22N6S/c1-5-15-14(16-8-12-6-7-18-20(12)4)17-9-13-10(2)19-11(3)21-13/h6-7H,5,8-9H2,1-4H3,(H2,15,16,17). The number of thiazole rings is 1. The minimum atomic E-state index is 0.604. The summed E-state index contributed by atoms with van der Waals surface area (Å²) in [6.07, 6.45) is 1.79. The van der Waals surface area contributed by atoms with Gasteiger partial charge in [0.05, 0.1) is 29.5 Å². The predicted molar refractivity (Wildman–Crippen MR) is 86.5 cm³/mol. The highest BCUT2D eigenvalue weighted by Gasteiger charge is 2.06. The lowest BCUT2D eigenvalue weighted by molar-refractivity contribution is 0.707. The lowest BCUT2D eigenvalue weighted by Gasteiger charge is -2.10. The van der Waals surface area contributed by atoms with E-state index in [2.05, 4.69) is 32.6 Å². The second-order valence-corrected chi connectivity index (χ2v) is 6.02. The Kier molecular flexibility index (Phi) is 5.32.